The number of cyclic esters (lactones) is 1. The topological polar surface area (TPSA) is 159 Å². The molecule has 14 nitrogen and oxygen atoms in total. The van der Waals surface area contributed by atoms with Crippen LogP contribution in [0.5, 0.6) is 34.5 Å². The zero-order chi connectivity index (χ0) is 41.4. The lowest BCUT2D eigenvalue weighted by atomic mass is 9.87. The van der Waals surface area contributed by atoms with E-state index in [1.165, 1.54) is 12.5 Å². The monoisotopic (exact) mass is 831 g/mol. The van der Waals surface area contributed by atoms with Gasteiger partial charge in [0.2, 0.25) is 6.79 Å². The lowest BCUT2D eigenvalue weighted by Crippen LogP contribution is -2.57. The third-order valence-corrected chi connectivity index (χ3v) is 13.2. The molecular formula is C44H53N3O11S. The normalized spacial score (nSPS) is 21.8. The van der Waals surface area contributed by atoms with Gasteiger partial charge >= 0.3 is 11.9 Å². The van der Waals surface area contributed by atoms with Crippen molar-refractivity contribution in [2.45, 2.75) is 71.0 Å². The second-order valence-electron chi connectivity index (χ2n) is 15.6. The maximum atomic E-state index is 15.0. The summed E-state index contributed by atoms with van der Waals surface area (Å²) < 4.78 is 48.2. The molecule has 1 aromatic heterocycles. The van der Waals surface area contributed by atoms with E-state index in [4.69, 9.17) is 37.9 Å². The molecule has 3 N–H and O–H groups in total. The number of hydrogen-bond donors (Lipinski definition) is 3. The van der Waals surface area contributed by atoms with E-state index in [1.807, 2.05) is 39.0 Å². The molecule has 1 fully saturated rings. The van der Waals surface area contributed by atoms with Gasteiger partial charge in [-0.25, -0.2) is 4.79 Å². The number of ether oxygens (including phenoxy) is 8. The largest absolute Gasteiger partial charge is 0.493 e. The molecule has 0 amide bonds. The molecule has 0 radical (unpaired) electrons. The van der Waals surface area contributed by atoms with Gasteiger partial charge in [-0.2, -0.15) is 11.8 Å². The van der Waals surface area contributed by atoms with Crippen molar-refractivity contribution in [2.24, 2.45) is 0 Å². The van der Waals surface area contributed by atoms with E-state index >= 15 is 0 Å². The Morgan fingerprint density at radius 2 is 1.85 bits per heavy atom. The number of aromatic nitrogens is 1. The highest BCUT2D eigenvalue weighted by Crippen LogP contribution is 2.51. The highest BCUT2D eigenvalue weighted by Gasteiger charge is 2.49. The van der Waals surface area contributed by atoms with Gasteiger partial charge in [-0.1, -0.05) is 6.07 Å². The molecule has 15 heteroatoms. The highest BCUT2D eigenvalue weighted by atomic mass is 32.2. The molecule has 1 saturated heterocycles. The molecule has 0 bridgehead atoms. The number of rotatable bonds is 9. The number of hydrogen-bond acceptors (Lipinski definition) is 14. The van der Waals surface area contributed by atoms with E-state index in [2.05, 4.69) is 21.3 Å². The quantitative estimate of drug-likeness (QED) is 0.113. The van der Waals surface area contributed by atoms with E-state index in [0.29, 0.717) is 77.5 Å². The Kier molecular flexibility index (Phi) is 11.9. The average Bonchev–Trinajstić information content (AvgIpc) is 3.86. The summed E-state index contributed by atoms with van der Waals surface area (Å²) in [5.74, 6) is 3.72. The van der Waals surface area contributed by atoms with Gasteiger partial charge in [0.25, 0.3) is 0 Å². The van der Waals surface area contributed by atoms with Crippen molar-refractivity contribution < 1.29 is 52.6 Å². The number of methoxy groups -OCH3 is 2. The van der Waals surface area contributed by atoms with Gasteiger partial charge in [0, 0.05) is 71.3 Å². The van der Waals surface area contributed by atoms with Gasteiger partial charge in [0.05, 0.1) is 25.5 Å². The number of carbonyl (C=O) groups is 2. The fourth-order valence-corrected chi connectivity index (χ4v) is 10.8. The van der Waals surface area contributed by atoms with E-state index in [0.717, 1.165) is 57.3 Å². The molecule has 3 aromatic carbocycles. The Morgan fingerprint density at radius 1 is 1.02 bits per heavy atom. The zero-order valence-corrected chi connectivity index (χ0v) is 35.4. The Labute approximate surface area is 348 Å². The molecule has 3 atom stereocenters. The SMILES string of the molecule is COCOc1c2c(cc(C)c1OC)CCCN1C(CSC[C@]3(NCCc4c3[nH]c3ccc(OCCO)cc43)C(=O)OC[C@H]1c1c(C)c(OC(C)=O)c(C)c3c1OCO3)C2. The van der Waals surface area contributed by atoms with Crippen molar-refractivity contribution in [2.75, 3.05) is 72.2 Å². The van der Waals surface area contributed by atoms with E-state index in [-0.39, 0.29) is 45.4 Å². The number of esters is 2. The van der Waals surface area contributed by atoms with Crippen LogP contribution in [0.4, 0.5) is 0 Å². The summed E-state index contributed by atoms with van der Waals surface area (Å²) in [6.07, 6.45) is 2.91. The van der Waals surface area contributed by atoms with Crippen LogP contribution in [0.3, 0.4) is 0 Å². The molecule has 0 aliphatic carbocycles. The number of aliphatic hydroxyl groups excluding tert-OH is 1. The van der Waals surface area contributed by atoms with Crippen LogP contribution in [0.2, 0.25) is 0 Å². The molecule has 316 valence electrons. The summed E-state index contributed by atoms with van der Waals surface area (Å²) in [5.41, 5.74) is 6.92. The second-order valence-corrected chi connectivity index (χ2v) is 16.6. The van der Waals surface area contributed by atoms with Crippen LogP contribution < -0.4 is 33.7 Å². The fourth-order valence-electron chi connectivity index (χ4n) is 9.45. The molecule has 4 aliphatic heterocycles. The van der Waals surface area contributed by atoms with Gasteiger partial charge in [0.15, 0.2) is 35.3 Å². The van der Waals surface area contributed by atoms with Crippen molar-refractivity contribution in [1.29, 1.82) is 0 Å². The summed E-state index contributed by atoms with van der Waals surface area (Å²) >= 11 is 1.70. The van der Waals surface area contributed by atoms with Gasteiger partial charge in [-0.05, 0) is 87.9 Å². The molecule has 5 heterocycles. The van der Waals surface area contributed by atoms with Gasteiger partial charge in [-0.15, -0.1) is 0 Å². The Hall–Kier alpha value is -4.67. The number of aliphatic hydroxyl groups is 1. The van der Waals surface area contributed by atoms with E-state index in [1.54, 1.807) is 26.0 Å². The number of nitrogens with one attached hydrogen (secondary N) is 2. The number of aromatic amines is 1. The average molecular weight is 832 g/mol. The van der Waals surface area contributed by atoms with Crippen LogP contribution >= 0.6 is 11.8 Å². The van der Waals surface area contributed by atoms with Crippen molar-refractivity contribution in [3.63, 3.8) is 0 Å². The maximum Gasteiger partial charge on any atom is 0.333 e. The minimum Gasteiger partial charge on any atom is -0.493 e. The summed E-state index contributed by atoms with van der Waals surface area (Å²) in [6.45, 7) is 8.62. The number of fused-ring (bicyclic) bond motifs is 7. The first-order chi connectivity index (χ1) is 28.6. The minimum atomic E-state index is -1.19. The van der Waals surface area contributed by atoms with E-state index < -0.39 is 17.6 Å². The smallest absolute Gasteiger partial charge is 0.333 e. The maximum absolute atomic E-state index is 15.0. The predicted octanol–water partition coefficient (Wildman–Crippen LogP) is 5.34. The van der Waals surface area contributed by atoms with Crippen molar-refractivity contribution >= 4 is 34.6 Å². The lowest BCUT2D eigenvalue weighted by molar-refractivity contribution is -0.154. The third kappa shape index (κ3) is 7.45. The van der Waals surface area contributed by atoms with Crippen LogP contribution in [0, 0.1) is 20.8 Å². The summed E-state index contributed by atoms with van der Waals surface area (Å²) in [6, 6.07) is 7.39. The van der Waals surface area contributed by atoms with Gasteiger partial charge in [-0.3, -0.25) is 15.0 Å². The Balaban J connectivity index is 1.27. The standard InChI is InChI=1S/C44H53N3O11S/c1-24-16-28-8-7-13-47-29(17-32(28)40(37(24)52-6)55-22-51-5)20-59-21-44(42-31(11-12-45-44)33-18-30(53-15-14-48)9-10-34(33)46-42)43(50)54-19-35(47)36-25(2)38(58-27(4)49)26(3)39-41(36)57-23-56-39/h9-10,16,18,29,35,45-46,48H,7-8,11-15,17,19-23H2,1-6H3/t29?,35-,44+/m0/s1. The molecular weight excluding hydrogens is 779 g/mol. The number of thioether (sulfide) groups is 1. The van der Waals surface area contributed by atoms with E-state index in [9.17, 15) is 14.7 Å². The number of aryl methyl sites for hydroxylation is 2. The highest BCUT2D eigenvalue weighted by molar-refractivity contribution is 7.99. The Bertz CT molecular complexity index is 2260. The fraction of sp³-hybridized carbons (Fsp3) is 0.500. The first-order valence-corrected chi connectivity index (χ1v) is 21.3. The first-order valence-electron chi connectivity index (χ1n) is 20.2. The van der Waals surface area contributed by atoms with Crippen LogP contribution in [-0.4, -0.2) is 105 Å². The molecule has 8 rings (SSSR count). The summed E-state index contributed by atoms with van der Waals surface area (Å²) in [7, 11) is 3.27. The van der Waals surface area contributed by atoms with Crippen LogP contribution in [0.15, 0.2) is 24.3 Å². The number of nitrogens with zero attached hydrogens (tertiary/aromatic N) is 1. The van der Waals surface area contributed by atoms with Gasteiger partial charge < -0.3 is 48.0 Å². The summed E-state index contributed by atoms with van der Waals surface area (Å²) in [5, 5.41) is 14.0. The molecule has 4 aromatic rings. The number of carbonyl (C=O) groups excluding carboxylic acids is 2. The molecule has 1 spiro atoms. The molecule has 0 saturated carbocycles. The third-order valence-electron chi connectivity index (χ3n) is 12.0. The second kappa shape index (κ2) is 17.1. The van der Waals surface area contributed by atoms with Gasteiger partial charge in [0.1, 0.15) is 24.7 Å². The first kappa shape index (κ1) is 41.1. The van der Waals surface area contributed by atoms with Crippen LogP contribution in [0.1, 0.15) is 64.0 Å². The minimum absolute atomic E-state index is 0.00550. The molecule has 59 heavy (non-hydrogen) atoms. The van der Waals surface area contributed by atoms with Crippen molar-refractivity contribution in [1.82, 2.24) is 15.2 Å². The lowest BCUT2D eigenvalue weighted by Gasteiger charge is -2.43. The van der Waals surface area contributed by atoms with Crippen molar-refractivity contribution in [3.8, 4) is 34.5 Å². The van der Waals surface area contributed by atoms with Crippen LogP contribution in [0.25, 0.3) is 10.9 Å². The number of H-pyrrole nitrogens is 1. The van der Waals surface area contributed by atoms with Crippen LogP contribution in [-0.2, 0) is 43.9 Å². The van der Waals surface area contributed by atoms with Crippen molar-refractivity contribution in [3.05, 3.63) is 68.9 Å². The zero-order valence-electron chi connectivity index (χ0n) is 34.5. The molecule has 1 unspecified atom stereocenters. The number of benzene rings is 3. The predicted molar refractivity (Wildman–Crippen MR) is 221 cm³/mol. The Morgan fingerprint density at radius 3 is 2.63 bits per heavy atom. The molecule has 4 aliphatic rings. The summed E-state index contributed by atoms with van der Waals surface area (Å²) in [4.78, 5) is 33.5.